The number of nitrogens with zero attached hydrogens (tertiary/aromatic N) is 3. The van der Waals surface area contributed by atoms with Crippen molar-refractivity contribution in [3.05, 3.63) is 42.0 Å². The van der Waals surface area contributed by atoms with Crippen molar-refractivity contribution >= 4 is 45.5 Å². The standard InChI is InChI=1S/C8H5ClIN3OS/c9-8-12-1-5(15-8)3-13-4-11-2-6(10)7(13)14/h1-2,4H,3H2. The summed E-state index contributed by atoms with van der Waals surface area (Å²) in [5.41, 5.74) is -0.0462. The summed E-state index contributed by atoms with van der Waals surface area (Å²) in [5, 5.41) is 0. The SMILES string of the molecule is O=c1c(I)cncn1Cc1cnc(Cl)s1. The largest absolute Gasteiger partial charge is 0.293 e. The van der Waals surface area contributed by atoms with E-state index in [-0.39, 0.29) is 5.56 Å². The molecule has 0 atom stereocenters. The van der Waals surface area contributed by atoms with Crippen LogP contribution in [-0.4, -0.2) is 14.5 Å². The lowest BCUT2D eigenvalue weighted by molar-refractivity contribution is 0.738. The molecule has 0 aromatic carbocycles. The van der Waals surface area contributed by atoms with Crippen LogP contribution in [0.5, 0.6) is 0 Å². The molecule has 4 nitrogen and oxygen atoms in total. The van der Waals surface area contributed by atoms with Crippen molar-refractivity contribution in [3.8, 4) is 0 Å². The van der Waals surface area contributed by atoms with Crippen LogP contribution >= 0.6 is 45.5 Å². The van der Waals surface area contributed by atoms with Gasteiger partial charge in [0.2, 0.25) is 0 Å². The van der Waals surface area contributed by atoms with E-state index in [1.54, 1.807) is 12.4 Å². The molecule has 0 radical (unpaired) electrons. The number of rotatable bonds is 2. The van der Waals surface area contributed by atoms with E-state index in [1.165, 1.54) is 22.2 Å². The molecule has 0 saturated heterocycles. The third-order valence-corrected chi connectivity index (χ3v) is 3.55. The van der Waals surface area contributed by atoms with Crippen LogP contribution in [0.4, 0.5) is 0 Å². The first-order chi connectivity index (χ1) is 7.16. The fourth-order valence-electron chi connectivity index (χ4n) is 1.06. The van der Waals surface area contributed by atoms with E-state index in [4.69, 9.17) is 11.6 Å². The molecule has 78 valence electrons. The summed E-state index contributed by atoms with van der Waals surface area (Å²) in [7, 11) is 0. The second-order valence-electron chi connectivity index (χ2n) is 2.75. The van der Waals surface area contributed by atoms with Crippen molar-refractivity contribution in [3.63, 3.8) is 0 Å². The minimum Gasteiger partial charge on any atom is -0.293 e. The van der Waals surface area contributed by atoms with Crippen molar-refractivity contribution in [2.45, 2.75) is 6.54 Å². The summed E-state index contributed by atoms with van der Waals surface area (Å²) < 4.78 is 2.62. The van der Waals surface area contributed by atoms with E-state index in [0.29, 0.717) is 14.6 Å². The molecule has 0 amide bonds. The highest BCUT2D eigenvalue weighted by Gasteiger charge is 2.04. The van der Waals surface area contributed by atoms with Crippen LogP contribution < -0.4 is 5.56 Å². The molecule has 0 aliphatic carbocycles. The van der Waals surface area contributed by atoms with Crippen LogP contribution in [-0.2, 0) is 6.54 Å². The second-order valence-corrected chi connectivity index (χ2v) is 5.61. The average molecular weight is 354 g/mol. The van der Waals surface area contributed by atoms with E-state index in [1.807, 2.05) is 22.6 Å². The van der Waals surface area contributed by atoms with Gasteiger partial charge in [-0.25, -0.2) is 9.97 Å². The normalized spacial score (nSPS) is 10.5. The summed E-state index contributed by atoms with van der Waals surface area (Å²) in [6, 6.07) is 0. The van der Waals surface area contributed by atoms with Crippen LogP contribution in [0, 0.1) is 3.57 Å². The summed E-state index contributed by atoms with van der Waals surface area (Å²) in [6.07, 6.45) is 4.72. The lowest BCUT2D eigenvalue weighted by Gasteiger charge is -2.01. The Balaban J connectivity index is 2.32. The molecule has 0 N–H and O–H groups in total. The molecule has 0 unspecified atom stereocenters. The predicted molar refractivity (Wildman–Crippen MR) is 67.4 cm³/mol. The fourth-order valence-corrected chi connectivity index (χ4v) is 2.51. The summed E-state index contributed by atoms with van der Waals surface area (Å²) >= 11 is 9.03. The zero-order chi connectivity index (χ0) is 10.8. The fraction of sp³-hybridized carbons (Fsp3) is 0.125. The first-order valence-corrected chi connectivity index (χ1v) is 6.24. The quantitative estimate of drug-likeness (QED) is 0.776. The van der Waals surface area contributed by atoms with Crippen LogP contribution in [0.2, 0.25) is 4.47 Å². The van der Waals surface area contributed by atoms with Gasteiger partial charge in [0.15, 0.2) is 4.47 Å². The molecule has 0 bridgehead atoms. The number of halogens is 2. The highest BCUT2D eigenvalue weighted by molar-refractivity contribution is 14.1. The van der Waals surface area contributed by atoms with Gasteiger partial charge in [-0.05, 0) is 22.6 Å². The van der Waals surface area contributed by atoms with Gasteiger partial charge in [0.1, 0.15) is 0 Å². The second kappa shape index (κ2) is 4.58. The van der Waals surface area contributed by atoms with E-state index in [2.05, 4.69) is 9.97 Å². The van der Waals surface area contributed by atoms with Crippen molar-refractivity contribution in [1.29, 1.82) is 0 Å². The predicted octanol–water partition coefficient (Wildman–Crippen LogP) is 2.01. The van der Waals surface area contributed by atoms with Gasteiger partial charge in [-0.2, -0.15) is 0 Å². The molecule has 0 fully saturated rings. The van der Waals surface area contributed by atoms with Crippen molar-refractivity contribution in [1.82, 2.24) is 14.5 Å². The van der Waals surface area contributed by atoms with Gasteiger partial charge < -0.3 is 0 Å². The van der Waals surface area contributed by atoms with Crippen LogP contribution in [0.15, 0.2) is 23.5 Å². The Morgan fingerprint density at radius 2 is 2.33 bits per heavy atom. The molecule has 2 aromatic rings. The van der Waals surface area contributed by atoms with E-state index >= 15 is 0 Å². The maximum Gasteiger partial charge on any atom is 0.267 e. The molecular weight excluding hydrogens is 349 g/mol. The number of hydrogen-bond donors (Lipinski definition) is 0. The zero-order valence-corrected chi connectivity index (χ0v) is 11.1. The molecule has 7 heteroatoms. The maximum absolute atomic E-state index is 11.6. The van der Waals surface area contributed by atoms with E-state index < -0.39 is 0 Å². The van der Waals surface area contributed by atoms with Gasteiger partial charge in [0.05, 0.1) is 16.4 Å². The van der Waals surface area contributed by atoms with Gasteiger partial charge in [0, 0.05) is 17.3 Å². The van der Waals surface area contributed by atoms with Gasteiger partial charge in [-0.1, -0.05) is 11.6 Å². The Labute approximate surface area is 108 Å². The number of thiazole rings is 1. The minimum absolute atomic E-state index is 0.0462. The van der Waals surface area contributed by atoms with Crippen molar-refractivity contribution in [2.75, 3.05) is 0 Å². The molecular formula is C8H5ClIN3OS. The van der Waals surface area contributed by atoms with Crippen LogP contribution in [0.25, 0.3) is 0 Å². The molecule has 15 heavy (non-hydrogen) atoms. The Kier molecular flexibility index (Phi) is 3.37. The summed E-state index contributed by atoms with van der Waals surface area (Å²) in [6.45, 7) is 0.465. The van der Waals surface area contributed by atoms with Gasteiger partial charge in [0.25, 0.3) is 5.56 Å². The monoisotopic (exact) mass is 353 g/mol. The summed E-state index contributed by atoms with van der Waals surface area (Å²) in [4.78, 5) is 20.4. The first kappa shape index (κ1) is 11.0. The smallest absolute Gasteiger partial charge is 0.267 e. The van der Waals surface area contributed by atoms with Gasteiger partial charge >= 0.3 is 0 Å². The Morgan fingerprint density at radius 1 is 1.53 bits per heavy atom. The van der Waals surface area contributed by atoms with Crippen molar-refractivity contribution in [2.24, 2.45) is 0 Å². The third-order valence-electron chi connectivity index (χ3n) is 1.71. The van der Waals surface area contributed by atoms with E-state index in [9.17, 15) is 4.79 Å². The number of hydrogen-bond acceptors (Lipinski definition) is 4. The highest BCUT2D eigenvalue weighted by Crippen LogP contribution is 2.17. The molecule has 2 aromatic heterocycles. The molecule has 0 spiro atoms. The number of aromatic nitrogens is 3. The lowest BCUT2D eigenvalue weighted by atomic mass is 10.5. The first-order valence-electron chi connectivity index (χ1n) is 3.97. The van der Waals surface area contributed by atoms with Gasteiger partial charge in [-0.15, -0.1) is 11.3 Å². The topological polar surface area (TPSA) is 47.8 Å². The molecule has 0 aliphatic rings. The highest BCUT2D eigenvalue weighted by atomic mass is 127. The molecule has 2 rings (SSSR count). The van der Waals surface area contributed by atoms with Crippen LogP contribution in [0.1, 0.15) is 4.88 Å². The molecule has 2 heterocycles. The summed E-state index contributed by atoms with van der Waals surface area (Å²) in [5.74, 6) is 0. The van der Waals surface area contributed by atoms with Crippen molar-refractivity contribution < 1.29 is 0 Å². The third kappa shape index (κ3) is 2.56. The minimum atomic E-state index is -0.0462. The zero-order valence-electron chi connectivity index (χ0n) is 7.35. The van der Waals surface area contributed by atoms with E-state index in [0.717, 1.165) is 4.88 Å². The molecule has 0 saturated carbocycles. The lowest BCUT2D eigenvalue weighted by Crippen LogP contribution is -2.22. The Bertz CT molecular complexity index is 539. The Hall–Kier alpha value is -0.470. The average Bonchev–Trinajstić information content (AvgIpc) is 2.59. The van der Waals surface area contributed by atoms with Crippen LogP contribution in [0.3, 0.4) is 0 Å². The maximum atomic E-state index is 11.6. The van der Waals surface area contributed by atoms with Gasteiger partial charge in [-0.3, -0.25) is 9.36 Å². The molecule has 0 aliphatic heterocycles. The Morgan fingerprint density at radius 3 is 3.00 bits per heavy atom.